The summed E-state index contributed by atoms with van der Waals surface area (Å²) in [6.07, 6.45) is 9.47. The van der Waals surface area contributed by atoms with Crippen molar-refractivity contribution in [3.63, 3.8) is 0 Å². The number of anilines is 1. The number of nitrogens with one attached hydrogen (secondary N) is 3. The monoisotopic (exact) mass is 474 g/mol. The topological polar surface area (TPSA) is 82.7 Å². The van der Waals surface area contributed by atoms with Gasteiger partial charge in [-0.25, -0.2) is 9.59 Å². The van der Waals surface area contributed by atoms with Crippen molar-refractivity contribution in [1.29, 1.82) is 0 Å². The van der Waals surface area contributed by atoms with Gasteiger partial charge in [-0.15, -0.1) is 0 Å². The van der Waals surface area contributed by atoms with Crippen molar-refractivity contribution in [2.24, 2.45) is 0 Å². The zero-order chi connectivity index (χ0) is 24.8. The van der Waals surface area contributed by atoms with Crippen LogP contribution in [-0.2, 0) is 11.2 Å². The van der Waals surface area contributed by atoms with Gasteiger partial charge in [0.25, 0.3) is 0 Å². The van der Waals surface area contributed by atoms with Crippen molar-refractivity contribution in [3.8, 4) is 0 Å². The van der Waals surface area contributed by atoms with Crippen LogP contribution in [0.15, 0.2) is 24.3 Å². The van der Waals surface area contributed by atoms with Crippen LogP contribution in [0.25, 0.3) is 0 Å². The van der Waals surface area contributed by atoms with Crippen molar-refractivity contribution in [1.82, 2.24) is 16.0 Å². The maximum Gasteiger partial charge on any atom is 0.407 e. The minimum atomic E-state index is -0.501. The first-order valence-corrected chi connectivity index (χ1v) is 13.1. The molecule has 2 rings (SSSR count). The number of piperidine rings is 1. The Bertz CT molecular complexity index is 724. The van der Waals surface area contributed by atoms with E-state index < -0.39 is 11.7 Å². The van der Waals surface area contributed by atoms with E-state index >= 15 is 0 Å². The van der Waals surface area contributed by atoms with E-state index in [1.807, 2.05) is 49.9 Å². The number of alkyl carbamates (subject to hydrolysis) is 1. The Labute approximate surface area is 206 Å². The molecule has 1 aliphatic heterocycles. The summed E-state index contributed by atoms with van der Waals surface area (Å²) in [6.45, 7) is 10.9. The average molecular weight is 475 g/mol. The van der Waals surface area contributed by atoms with Gasteiger partial charge in [0, 0.05) is 24.8 Å². The van der Waals surface area contributed by atoms with Crippen LogP contribution in [0.2, 0.25) is 0 Å². The van der Waals surface area contributed by atoms with E-state index in [1.165, 1.54) is 32.1 Å². The zero-order valence-electron chi connectivity index (χ0n) is 21.8. The molecule has 0 aliphatic carbocycles. The second kappa shape index (κ2) is 14.9. The number of carbonyl (C=O) groups is 2. The van der Waals surface area contributed by atoms with Crippen LogP contribution < -0.4 is 20.9 Å². The summed E-state index contributed by atoms with van der Waals surface area (Å²) in [6, 6.07) is 8.33. The van der Waals surface area contributed by atoms with Crippen molar-refractivity contribution in [2.75, 3.05) is 31.1 Å². The first kappa shape index (κ1) is 28.0. The highest BCUT2D eigenvalue weighted by Crippen LogP contribution is 2.23. The fourth-order valence-electron chi connectivity index (χ4n) is 4.19. The van der Waals surface area contributed by atoms with Crippen molar-refractivity contribution >= 4 is 17.8 Å². The number of urea groups is 1. The lowest BCUT2D eigenvalue weighted by Gasteiger charge is -2.35. The second-order valence-electron chi connectivity index (χ2n) is 10.2. The number of hydrogen-bond donors (Lipinski definition) is 3. The molecule has 1 aromatic rings. The average Bonchev–Trinajstić information content (AvgIpc) is 2.79. The molecule has 7 nitrogen and oxygen atoms in total. The highest BCUT2D eigenvalue weighted by Gasteiger charge is 2.26. The molecule has 7 heteroatoms. The fourth-order valence-corrected chi connectivity index (χ4v) is 4.19. The predicted molar refractivity (Wildman–Crippen MR) is 140 cm³/mol. The summed E-state index contributed by atoms with van der Waals surface area (Å²) in [5.41, 5.74) is 1.54. The van der Waals surface area contributed by atoms with Gasteiger partial charge in [0.1, 0.15) is 5.60 Å². The first-order chi connectivity index (χ1) is 16.3. The number of amides is 3. The molecule has 0 bridgehead atoms. The lowest BCUT2D eigenvalue weighted by atomic mass is 10.0. The molecule has 1 heterocycles. The molecule has 192 valence electrons. The SMILES string of the molecule is CCCCCCCCNC(=O)N(c1ccc(CCNC(=O)OC(C)(C)C)cc1)C1CCNCC1. The molecule has 1 aliphatic rings. The van der Waals surface area contributed by atoms with Gasteiger partial charge in [-0.1, -0.05) is 51.2 Å². The van der Waals surface area contributed by atoms with Crippen LogP contribution in [0.5, 0.6) is 0 Å². The quantitative estimate of drug-likeness (QED) is 0.355. The Hall–Kier alpha value is -2.28. The fraction of sp³-hybridized carbons (Fsp3) is 0.704. The van der Waals surface area contributed by atoms with Crippen molar-refractivity contribution < 1.29 is 14.3 Å². The van der Waals surface area contributed by atoms with E-state index in [0.29, 0.717) is 13.0 Å². The normalized spacial score (nSPS) is 14.5. The number of rotatable bonds is 12. The van der Waals surface area contributed by atoms with E-state index in [1.54, 1.807) is 0 Å². The number of unbranched alkanes of at least 4 members (excludes halogenated alkanes) is 5. The maximum absolute atomic E-state index is 13.2. The van der Waals surface area contributed by atoms with Gasteiger partial charge in [0.15, 0.2) is 0 Å². The number of benzene rings is 1. The first-order valence-electron chi connectivity index (χ1n) is 13.1. The van der Waals surface area contributed by atoms with Gasteiger partial charge in [-0.05, 0) is 77.2 Å². The van der Waals surface area contributed by atoms with E-state index in [2.05, 4.69) is 22.9 Å². The van der Waals surface area contributed by atoms with Crippen LogP contribution in [0, 0.1) is 0 Å². The summed E-state index contributed by atoms with van der Waals surface area (Å²) in [4.78, 5) is 26.9. The Morgan fingerprint density at radius 3 is 2.26 bits per heavy atom. The van der Waals surface area contributed by atoms with Crippen molar-refractivity contribution in [3.05, 3.63) is 29.8 Å². The van der Waals surface area contributed by atoms with Crippen LogP contribution in [0.1, 0.15) is 84.6 Å². The van der Waals surface area contributed by atoms with Gasteiger partial charge >= 0.3 is 12.1 Å². The number of ether oxygens (including phenoxy) is 1. The minimum Gasteiger partial charge on any atom is -0.444 e. The lowest BCUT2D eigenvalue weighted by Crippen LogP contribution is -2.50. The summed E-state index contributed by atoms with van der Waals surface area (Å²) in [7, 11) is 0. The van der Waals surface area contributed by atoms with Crippen LogP contribution in [0.4, 0.5) is 15.3 Å². The molecule has 3 amide bonds. The van der Waals surface area contributed by atoms with Gasteiger partial charge in [0.2, 0.25) is 0 Å². The molecule has 3 N–H and O–H groups in total. The van der Waals surface area contributed by atoms with Crippen molar-refractivity contribution in [2.45, 2.75) is 97.1 Å². The second-order valence-corrected chi connectivity index (χ2v) is 10.2. The Kier molecular flexibility index (Phi) is 12.2. The maximum atomic E-state index is 13.2. The molecule has 34 heavy (non-hydrogen) atoms. The number of carbonyl (C=O) groups excluding carboxylic acids is 2. The smallest absolute Gasteiger partial charge is 0.407 e. The highest BCUT2D eigenvalue weighted by atomic mass is 16.6. The van der Waals surface area contributed by atoms with Crippen LogP contribution >= 0.6 is 0 Å². The summed E-state index contributed by atoms with van der Waals surface area (Å²) in [5, 5.41) is 9.34. The Morgan fingerprint density at radius 1 is 0.971 bits per heavy atom. The number of nitrogens with zero attached hydrogens (tertiary/aromatic N) is 1. The van der Waals surface area contributed by atoms with Gasteiger partial charge in [0.05, 0.1) is 0 Å². The molecular weight excluding hydrogens is 428 g/mol. The molecular formula is C27H46N4O3. The molecule has 1 aromatic carbocycles. The third kappa shape index (κ3) is 10.8. The standard InChI is InChI=1S/C27H46N4O3/c1-5-6-7-8-9-10-18-29-25(32)31(24-16-19-28-20-17-24)23-13-11-22(12-14-23)15-21-30-26(33)34-27(2,3)4/h11-14,24,28H,5-10,15-21H2,1-4H3,(H,29,32)(H,30,33). The molecule has 1 fully saturated rings. The minimum absolute atomic E-state index is 0.000185. The molecule has 0 aromatic heterocycles. The number of hydrogen-bond acceptors (Lipinski definition) is 4. The van der Waals surface area contributed by atoms with Gasteiger partial charge < -0.3 is 20.7 Å². The Balaban J connectivity index is 1.89. The summed E-state index contributed by atoms with van der Waals surface area (Å²) >= 11 is 0. The third-order valence-electron chi connectivity index (χ3n) is 6.00. The van der Waals surface area contributed by atoms with E-state index in [9.17, 15) is 9.59 Å². The predicted octanol–water partition coefficient (Wildman–Crippen LogP) is 5.38. The zero-order valence-corrected chi connectivity index (χ0v) is 21.8. The lowest BCUT2D eigenvalue weighted by molar-refractivity contribution is 0.0528. The van der Waals surface area contributed by atoms with E-state index in [0.717, 1.165) is 50.1 Å². The van der Waals surface area contributed by atoms with Crippen LogP contribution in [0.3, 0.4) is 0 Å². The van der Waals surface area contributed by atoms with Gasteiger partial charge in [-0.2, -0.15) is 0 Å². The van der Waals surface area contributed by atoms with Crippen LogP contribution in [-0.4, -0.2) is 49.9 Å². The highest BCUT2D eigenvalue weighted by molar-refractivity contribution is 5.92. The van der Waals surface area contributed by atoms with E-state index in [4.69, 9.17) is 4.74 Å². The molecule has 1 saturated heterocycles. The molecule has 0 radical (unpaired) electrons. The molecule has 0 saturated carbocycles. The Morgan fingerprint density at radius 2 is 1.62 bits per heavy atom. The largest absolute Gasteiger partial charge is 0.444 e. The van der Waals surface area contributed by atoms with E-state index in [-0.39, 0.29) is 12.1 Å². The summed E-state index contributed by atoms with van der Waals surface area (Å²) in [5.74, 6) is 0. The molecule has 0 atom stereocenters. The summed E-state index contributed by atoms with van der Waals surface area (Å²) < 4.78 is 5.28. The van der Waals surface area contributed by atoms with Gasteiger partial charge in [-0.3, -0.25) is 4.90 Å². The third-order valence-corrected chi connectivity index (χ3v) is 6.00. The molecule has 0 unspecified atom stereocenters. The molecule has 0 spiro atoms.